The Labute approximate surface area is 152 Å². The minimum atomic E-state index is -0.450. The van der Waals surface area contributed by atoms with Gasteiger partial charge in [0.15, 0.2) is 0 Å². The number of halogens is 1. The lowest BCUT2D eigenvalue weighted by molar-refractivity contribution is 0.0461. The van der Waals surface area contributed by atoms with Crippen LogP contribution in [0.5, 0.6) is 0 Å². The van der Waals surface area contributed by atoms with Crippen LogP contribution in [0.15, 0.2) is 48.5 Å². The first-order valence-electron chi connectivity index (χ1n) is 9.25. The van der Waals surface area contributed by atoms with E-state index in [0.29, 0.717) is 6.54 Å². The maximum absolute atomic E-state index is 13.1. The van der Waals surface area contributed by atoms with Gasteiger partial charge in [-0.25, -0.2) is 9.37 Å². The van der Waals surface area contributed by atoms with Crippen LogP contribution in [0.25, 0.3) is 11.0 Å². The van der Waals surface area contributed by atoms with E-state index in [9.17, 15) is 9.50 Å². The van der Waals surface area contributed by atoms with Gasteiger partial charge in [-0.05, 0) is 49.7 Å². The van der Waals surface area contributed by atoms with Gasteiger partial charge >= 0.3 is 0 Å². The highest BCUT2D eigenvalue weighted by Crippen LogP contribution is 2.29. The molecule has 0 amide bonds. The number of rotatable bonds is 4. The van der Waals surface area contributed by atoms with E-state index in [4.69, 9.17) is 4.98 Å². The minimum absolute atomic E-state index is 0.0665. The monoisotopic (exact) mass is 353 g/mol. The molecule has 1 aliphatic heterocycles. The number of fused-ring (bicyclic) bond motifs is 1. The third-order valence-corrected chi connectivity index (χ3v) is 5.38. The lowest BCUT2D eigenvalue weighted by atomic mass is 9.87. The van der Waals surface area contributed by atoms with Crippen LogP contribution in [0, 0.1) is 5.82 Å². The van der Waals surface area contributed by atoms with Crippen molar-refractivity contribution in [3.8, 4) is 0 Å². The number of β-amino-alcohol motifs (C(OH)–C–C–N with tert-alkyl or cyclic N) is 1. The topological polar surface area (TPSA) is 41.3 Å². The van der Waals surface area contributed by atoms with Crippen LogP contribution in [-0.4, -0.2) is 38.8 Å². The lowest BCUT2D eigenvalue weighted by Crippen LogP contribution is -2.42. The second-order valence-electron chi connectivity index (χ2n) is 7.01. The van der Waals surface area contributed by atoms with Crippen LogP contribution in [0.4, 0.5) is 4.39 Å². The van der Waals surface area contributed by atoms with Gasteiger partial charge in [0.2, 0.25) is 0 Å². The van der Waals surface area contributed by atoms with E-state index in [-0.39, 0.29) is 11.7 Å². The van der Waals surface area contributed by atoms with Gasteiger partial charge in [0, 0.05) is 19.0 Å². The number of benzene rings is 2. The summed E-state index contributed by atoms with van der Waals surface area (Å²) in [5, 5.41) is 10.6. The highest BCUT2D eigenvalue weighted by molar-refractivity contribution is 5.75. The fraction of sp³-hybridized carbons (Fsp3) is 0.381. The molecule has 0 aliphatic carbocycles. The van der Waals surface area contributed by atoms with Crippen LogP contribution in [0.1, 0.15) is 30.7 Å². The Morgan fingerprint density at radius 1 is 1.15 bits per heavy atom. The molecular weight excluding hydrogens is 329 g/mol. The summed E-state index contributed by atoms with van der Waals surface area (Å²) in [5.41, 5.74) is 3.19. The molecule has 4 nitrogen and oxygen atoms in total. The number of likely N-dealkylation sites (tertiary alicyclic amines) is 1. The average molecular weight is 353 g/mol. The summed E-state index contributed by atoms with van der Waals surface area (Å²) in [6.07, 6.45) is 0.410. The molecule has 136 valence electrons. The SMILES string of the molecule is CCn1c(CN2CC[C@@H](c3ccc(F)cc3)[C@H](O)C2)nc2ccccc21. The second kappa shape index (κ2) is 7.17. The molecule has 1 aliphatic rings. The van der Waals surface area contributed by atoms with Gasteiger partial charge < -0.3 is 9.67 Å². The highest BCUT2D eigenvalue weighted by atomic mass is 19.1. The van der Waals surface area contributed by atoms with Crippen LogP contribution in [-0.2, 0) is 13.1 Å². The zero-order chi connectivity index (χ0) is 18.1. The largest absolute Gasteiger partial charge is 0.391 e. The van der Waals surface area contributed by atoms with E-state index in [1.54, 1.807) is 12.1 Å². The quantitative estimate of drug-likeness (QED) is 0.780. The number of aryl methyl sites for hydroxylation is 1. The molecule has 26 heavy (non-hydrogen) atoms. The van der Waals surface area contributed by atoms with Gasteiger partial charge in [-0.3, -0.25) is 4.90 Å². The summed E-state index contributed by atoms with van der Waals surface area (Å²) in [5.74, 6) is 0.872. The zero-order valence-electron chi connectivity index (χ0n) is 15.0. The van der Waals surface area contributed by atoms with Crippen LogP contribution in [0.2, 0.25) is 0 Å². The minimum Gasteiger partial charge on any atom is -0.391 e. The molecule has 0 spiro atoms. The summed E-state index contributed by atoms with van der Waals surface area (Å²) in [7, 11) is 0. The van der Waals surface area contributed by atoms with E-state index in [0.717, 1.165) is 48.5 Å². The first kappa shape index (κ1) is 17.2. The molecule has 1 aromatic heterocycles. The van der Waals surface area contributed by atoms with Gasteiger partial charge in [0.25, 0.3) is 0 Å². The summed E-state index contributed by atoms with van der Waals surface area (Å²) in [4.78, 5) is 7.05. The molecule has 3 aromatic rings. The summed E-state index contributed by atoms with van der Waals surface area (Å²) in [6, 6.07) is 14.7. The number of aliphatic hydroxyl groups excluding tert-OH is 1. The first-order valence-corrected chi connectivity index (χ1v) is 9.25. The van der Waals surface area contributed by atoms with Gasteiger partial charge in [0.05, 0.1) is 23.7 Å². The molecule has 0 unspecified atom stereocenters. The van der Waals surface area contributed by atoms with Crippen molar-refractivity contribution < 1.29 is 9.50 Å². The number of hydrogen-bond donors (Lipinski definition) is 1. The second-order valence-corrected chi connectivity index (χ2v) is 7.01. The van der Waals surface area contributed by atoms with Gasteiger partial charge in [-0.1, -0.05) is 24.3 Å². The van der Waals surface area contributed by atoms with Crippen molar-refractivity contribution in [2.75, 3.05) is 13.1 Å². The molecule has 2 atom stereocenters. The molecule has 0 radical (unpaired) electrons. The standard InChI is InChI=1S/C21H24FN3O/c1-2-25-19-6-4-3-5-18(19)23-21(25)14-24-12-11-17(20(26)13-24)15-7-9-16(22)10-8-15/h3-10,17,20,26H,2,11-14H2,1H3/t17-,20+/m0/s1. The van der Waals surface area contributed by atoms with Crippen molar-refractivity contribution in [1.82, 2.24) is 14.5 Å². The van der Waals surface area contributed by atoms with Crippen molar-refractivity contribution in [1.29, 1.82) is 0 Å². The third kappa shape index (κ3) is 3.24. The molecule has 2 heterocycles. The number of para-hydroxylation sites is 2. The van der Waals surface area contributed by atoms with Crippen LogP contribution < -0.4 is 0 Å². The molecule has 0 saturated carbocycles. The van der Waals surface area contributed by atoms with Crippen molar-refractivity contribution in [3.63, 3.8) is 0 Å². The summed E-state index contributed by atoms with van der Waals surface area (Å²) >= 11 is 0. The molecule has 0 bridgehead atoms. The molecule has 5 heteroatoms. The smallest absolute Gasteiger partial charge is 0.124 e. The predicted molar refractivity (Wildman–Crippen MR) is 100 cm³/mol. The molecule has 4 rings (SSSR count). The van der Waals surface area contributed by atoms with E-state index in [1.807, 2.05) is 18.2 Å². The lowest BCUT2D eigenvalue weighted by Gasteiger charge is -2.36. The maximum atomic E-state index is 13.1. The van der Waals surface area contributed by atoms with Crippen molar-refractivity contribution >= 4 is 11.0 Å². The highest BCUT2D eigenvalue weighted by Gasteiger charge is 2.29. The number of imidazole rings is 1. The Balaban J connectivity index is 1.49. The van der Waals surface area contributed by atoms with E-state index >= 15 is 0 Å². The van der Waals surface area contributed by atoms with Crippen LogP contribution >= 0.6 is 0 Å². The molecule has 2 aromatic carbocycles. The zero-order valence-corrected chi connectivity index (χ0v) is 15.0. The summed E-state index contributed by atoms with van der Waals surface area (Å²) < 4.78 is 15.4. The summed E-state index contributed by atoms with van der Waals surface area (Å²) in [6.45, 7) is 5.24. The first-order chi connectivity index (χ1) is 12.7. The van der Waals surface area contributed by atoms with E-state index in [2.05, 4.69) is 22.5 Å². The number of hydrogen-bond acceptors (Lipinski definition) is 3. The van der Waals surface area contributed by atoms with Crippen molar-refractivity contribution in [3.05, 3.63) is 65.7 Å². The normalized spacial score (nSPS) is 21.3. The number of nitrogens with zero attached hydrogens (tertiary/aromatic N) is 3. The average Bonchev–Trinajstić information content (AvgIpc) is 3.00. The Morgan fingerprint density at radius 3 is 2.65 bits per heavy atom. The van der Waals surface area contributed by atoms with E-state index < -0.39 is 6.10 Å². The van der Waals surface area contributed by atoms with Gasteiger partial charge in [0.1, 0.15) is 11.6 Å². The number of aromatic nitrogens is 2. The Bertz CT molecular complexity index is 890. The predicted octanol–water partition coefficient (Wildman–Crippen LogP) is 3.55. The van der Waals surface area contributed by atoms with Crippen molar-refractivity contribution in [2.45, 2.75) is 38.5 Å². The number of aliphatic hydroxyl groups is 1. The molecule has 1 saturated heterocycles. The third-order valence-electron chi connectivity index (χ3n) is 5.38. The van der Waals surface area contributed by atoms with E-state index in [1.165, 1.54) is 12.1 Å². The van der Waals surface area contributed by atoms with Gasteiger partial charge in [-0.15, -0.1) is 0 Å². The molecular formula is C21H24FN3O. The fourth-order valence-electron chi connectivity index (χ4n) is 4.04. The van der Waals surface area contributed by atoms with Crippen molar-refractivity contribution in [2.24, 2.45) is 0 Å². The van der Waals surface area contributed by atoms with Crippen LogP contribution in [0.3, 0.4) is 0 Å². The van der Waals surface area contributed by atoms with Gasteiger partial charge in [-0.2, -0.15) is 0 Å². The fourth-order valence-corrected chi connectivity index (χ4v) is 4.04. The molecule has 1 fully saturated rings. The Kier molecular flexibility index (Phi) is 4.74. The molecule has 1 N–H and O–H groups in total. The Morgan fingerprint density at radius 2 is 1.92 bits per heavy atom. The number of piperidine rings is 1. The maximum Gasteiger partial charge on any atom is 0.124 e. The Hall–Kier alpha value is -2.24.